The molecule has 1 aromatic heterocycles. The fourth-order valence-electron chi connectivity index (χ4n) is 2.34. The summed E-state index contributed by atoms with van der Waals surface area (Å²) < 4.78 is 5.02. The summed E-state index contributed by atoms with van der Waals surface area (Å²) in [6, 6.07) is 7.19. The van der Waals surface area contributed by atoms with Crippen LogP contribution >= 0.6 is 0 Å². The Morgan fingerprint density at radius 3 is 2.80 bits per heavy atom. The number of nitrogens with one attached hydrogen (secondary N) is 1. The number of hydrogen-bond donors (Lipinski definition) is 1. The topological polar surface area (TPSA) is 75.4 Å². The number of benzene rings is 1. The van der Waals surface area contributed by atoms with Crippen molar-refractivity contribution in [2.45, 2.75) is 13.8 Å². The van der Waals surface area contributed by atoms with Crippen molar-refractivity contribution in [3.05, 3.63) is 41.3 Å². The maximum absolute atomic E-state index is 12.7. The third-order valence-corrected chi connectivity index (χ3v) is 3.26. The molecule has 0 saturated heterocycles. The van der Waals surface area contributed by atoms with E-state index in [0.717, 1.165) is 0 Å². The molecule has 1 N–H and O–H groups in total. The second-order valence-electron chi connectivity index (χ2n) is 4.66. The molecule has 1 aromatic carbocycles. The Morgan fingerprint density at radius 2 is 2.10 bits per heavy atom. The SMILES string of the molecule is Cc1noc(C)c1C(=O)N1CC(=O)Nc2ccccc21. The van der Waals surface area contributed by atoms with Crippen LogP contribution in [0.1, 0.15) is 21.8 Å². The summed E-state index contributed by atoms with van der Waals surface area (Å²) in [5, 5.41) is 6.53. The van der Waals surface area contributed by atoms with E-state index in [9.17, 15) is 9.59 Å². The Hall–Kier alpha value is -2.63. The molecule has 0 aliphatic carbocycles. The van der Waals surface area contributed by atoms with E-state index in [-0.39, 0.29) is 18.4 Å². The van der Waals surface area contributed by atoms with Gasteiger partial charge in [-0.15, -0.1) is 0 Å². The van der Waals surface area contributed by atoms with E-state index in [1.54, 1.807) is 26.0 Å². The van der Waals surface area contributed by atoms with Crippen LogP contribution in [0.2, 0.25) is 0 Å². The van der Waals surface area contributed by atoms with Crippen LogP contribution in [0.3, 0.4) is 0 Å². The molecule has 0 fully saturated rings. The van der Waals surface area contributed by atoms with Crippen LogP contribution in [0, 0.1) is 13.8 Å². The highest BCUT2D eigenvalue weighted by Crippen LogP contribution is 2.30. The summed E-state index contributed by atoms with van der Waals surface area (Å²) in [7, 11) is 0. The predicted octanol–water partition coefficient (Wildman–Crippen LogP) is 1.89. The van der Waals surface area contributed by atoms with E-state index in [1.807, 2.05) is 12.1 Å². The lowest BCUT2D eigenvalue weighted by atomic mass is 10.1. The number of carbonyl (C=O) groups is 2. The molecule has 0 radical (unpaired) electrons. The van der Waals surface area contributed by atoms with E-state index in [0.29, 0.717) is 28.4 Å². The van der Waals surface area contributed by atoms with Crippen LogP contribution in [0.5, 0.6) is 0 Å². The third-order valence-electron chi connectivity index (χ3n) is 3.26. The zero-order valence-electron chi connectivity index (χ0n) is 11.1. The third kappa shape index (κ3) is 1.85. The van der Waals surface area contributed by atoms with Gasteiger partial charge in [-0.3, -0.25) is 14.5 Å². The quantitative estimate of drug-likeness (QED) is 0.859. The minimum atomic E-state index is -0.274. The first-order valence-electron chi connectivity index (χ1n) is 6.21. The number of fused-ring (bicyclic) bond motifs is 1. The summed E-state index contributed by atoms with van der Waals surface area (Å²) in [4.78, 5) is 25.8. The van der Waals surface area contributed by atoms with Gasteiger partial charge < -0.3 is 9.84 Å². The number of hydrogen-bond acceptors (Lipinski definition) is 4. The summed E-state index contributed by atoms with van der Waals surface area (Å²) >= 11 is 0. The van der Waals surface area contributed by atoms with Gasteiger partial charge in [-0.25, -0.2) is 0 Å². The maximum atomic E-state index is 12.7. The van der Waals surface area contributed by atoms with Gasteiger partial charge in [0, 0.05) is 0 Å². The first-order valence-corrected chi connectivity index (χ1v) is 6.21. The summed E-state index contributed by atoms with van der Waals surface area (Å²) in [5.41, 5.74) is 2.24. The average Bonchev–Trinajstić information content (AvgIpc) is 2.76. The lowest BCUT2D eigenvalue weighted by Crippen LogP contribution is -2.42. The van der Waals surface area contributed by atoms with E-state index < -0.39 is 0 Å². The zero-order chi connectivity index (χ0) is 14.3. The molecule has 0 bridgehead atoms. The van der Waals surface area contributed by atoms with Gasteiger partial charge in [0.2, 0.25) is 5.91 Å². The molecule has 2 aromatic rings. The van der Waals surface area contributed by atoms with Gasteiger partial charge >= 0.3 is 0 Å². The van der Waals surface area contributed by atoms with E-state index in [1.165, 1.54) is 4.90 Å². The Balaban J connectivity index is 2.07. The molecule has 2 amide bonds. The lowest BCUT2D eigenvalue weighted by Gasteiger charge is -2.29. The summed E-state index contributed by atoms with van der Waals surface area (Å²) in [5.74, 6) is -0.0386. The summed E-state index contributed by atoms with van der Waals surface area (Å²) in [6.07, 6.45) is 0. The van der Waals surface area contributed by atoms with Crippen LogP contribution < -0.4 is 10.2 Å². The van der Waals surface area contributed by atoms with Gasteiger partial charge in [0.25, 0.3) is 5.91 Å². The highest BCUT2D eigenvalue weighted by molar-refractivity contribution is 6.15. The fraction of sp³-hybridized carbons (Fsp3) is 0.214. The molecule has 102 valence electrons. The first-order chi connectivity index (χ1) is 9.58. The minimum Gasteiger partial charge on any atom is -0.361 e. The van der Waals surface area contributed by atoms with Gasteiger partial charge in [0.05, 0.1) is 17.1 Å². The second-order valence-corrected chi connectivity index (χ2v) is 4.66. The predicted molar refractivity (Wildman–Crippen MR) is 72.7 cm³/mol. The van der Waals surface area contributed by atoms with Gasteiger partial charge in [-0.1, -0.05) is 17.3 Å². The monoisotopic (exact) mass is 271 g/mol. The molecule has 6 heteroatoms. The van der Waals surface area contributed by atoms with Gasteiger partial charge in [-0.05, 0) is 26.0 Å². The van der Waals surface area contributed by atoms with E-state index in [4.69, 9.17) is 4.52 Å². The standard InChI is InChI=1S/C14H13N3O3/c1-8-13(9(2)20-16-8)14(19)17-7-12(18)15-10-5-3-4-6-11(10)17/h3-6H,7H2,1-2H3,(H,15,18). The molecule has 2 heterocycles. The van der Waals surface area contributed by atoms with Crippen LogP contribution in [-0.2, 0) is 4.79 Å². The highest BCUT2D eigenvalue weighted by atomic mass is 16.5. The molecule has 0 unspecified atom stereocenters. The second kappa shape index (κ2) is 4.48. The number of rotatable bonds is 1. The molecule has 20 heavy (non-hydrogen) atoms. The first kappa shape index (κ1) is 12.4. The van der Waals surface area contributed by atoms with Crippen molar-refractivity contribution in [3.63, 3.8) is 0 Å². The van der Waals surface area contributed by atoms with Crippen molar-refractivity contribution in [1.82, 2.24) is 5.16 Å². The molecule has 0 spiro atoms. The van der Waals surface area contributed by atoms with Crippen molar-refractivity contribution in [2.24, 2.45) is 0 Å². The van der Waals surface area contributed by atoms with Crippen molar-refractivity contribution < 1.29 is 14.1 Å². The Morgan fingerprint density at radius 1 is 1.35 bits per heavy atom. The molecule has 0 atom stereocenters. The molecule has 0 saturated carbocycles. The largest absolute Gasteiger partial charge is 0.361 e. The highest BCUT2D eigenvalue weighted by Gasteiger charge is 2.30. The Labute approximate surface area is 115 Å². The smallest absolute Gasteiger partial charge is 0.264 e. The Kier molecular flexibility index (Phi) is 2.78. The van der Waals surface area contributed by atoms with Crippen molar-refractivity contribution in [1.29, 1.82) is 0 Å². The fourth-order valence-corrected chi connectivity index (χ4v) is 2.34. The molecule has 1 aliphatic heterocycles. The number of nitrogens with zero attached hydrogens (tertiary/aromatic N) is 2. The van der Waals surface area contributed by atoms with E-state index in [2.05, 4.69) is 10.5 Å². The number of anilines is 2. The van der Waals surface area contributed by atoms with Gasteiger partial charge in [0.15, 0.2) is 0 Å². The molecule has 6 nitrogen and oxygen atoms in total. The minimum absolute atomic E-state index is 0.0140. The van der Waals surface area contributed by atoms with Crippen LogP contribution in [0.15, 0.2) is 28.8 Å². The lowest BCUT2D eigenvalue weighted by molar-refractivity contribution is -0.115. The number of carbonyl (C=O) groups excluding carboxylic acids is 2. The number of amides is 2. The average molecular weight is 271 g/mol. The molecule has 3 rings (SSSR count). The summed E-state index contributed by atoms with van der Waals surface area (Å²) in [6.45, 7) is 3.38. The maximum Gasteiger partial charge on any atom is 0.264 e. The molecular weight excluding hydrogens is 258 g/mol. The van der Waals surface area contributed by atoms with Crippen LogP contribution in [0.25, 0.3) is 0 Å². The number of aryl methyl sites for hydroxylation is 2. The van der Waals surface area contributed by atoms with Crippen molar-refractivity contribution in [3.8, 4) is 0 Å². The van der Waals surface area contributed by atoms with Crippen molar-refractivity contribution >= 4 is 23.2 Å². The van der Waals surface area contributed by atoms with Gasteiger partial charge in [0.1, 0.15) is 17.9 Å². The number of para-hydroxylation sites is 2. The normalized spacial score (nSPS) is 13.9. The molecular formula is C14H13N3O3. The Bertz CT molecular complexity index is 686. The van der Waals surface area contributed by atoms with Crippen LogP contribution in [-0.4, -0.2) is 23.5 Å². The van der Waals surface area contributed by atoms with Gasteiger partial charge in [-0.2, -0.15) is 0 Å². The zero-order valence-corrected chi connectivity index (χ0v) is 11.1. The van der Waals surface area contributed by atoms with Crippen molar-refractivity contribution in [2.75, 3.05) is 16.8 Å². The number of aromatic nitrogens is 1. The van der Waals surface area contributed by atoms with Crippen LogP contribution in [0.4, 0.5) is 11.4 Å². The molecule has 1 aliphatic rings. The van der Waals surface area contributed by atoms with E-state index >= 15 is 0 Å².